The molecule has 0 saturated heterocycles. The molecule has 86 valence electrons. The zero-order chi connectivity index (χ0) is 12.1. The third-order valence-electron chi connectivity index (χ3n) is 1.85. The predicted octanol–water partition coefficient (Wildman–Crippen LogP) is 0.155. The Morgan fingerprint density at radius 3 is 2.94 bits per heavy atom. The van der Waals surface area contributed by atoms with Gasteiger partial charge in [-0.15, -0.1) is 6.58 Å². The second-order valence-electron chi connectivity index (χ2n) is 3.25. The molecule has 1 heterocycles. The van der Waals surface area contributed by atoms with Crippen molar-refractivity contribution >= 4 is 11.8 Å². The molecule has 16 heavy (non-hydrogen) atoms. The van der Waals surface area contributed by atoms with Gasteiger partial charge in [0.15, 0.2) is 0 Å². The standard InChI is InChI=1S/C10H13N3O3/c1-3-4-13(6-10(15)16)8-5-9(14)12-7(2)11-8/h3,5H,1,4,6H2,2H3,(H,15,16)(H,11,12,14). The lowest BCUT2D eigenvalue weighted by atomic mass is 10.4. The van der Waals surface area contributed by atoms with Crippen molar-refractivity contribution < 1.29 is 9.90 Å². The Morgan fingerprint density at radius 1 is 1.75 bits per heavy atom. The van der Waals surface area contributed by atoms with E-state index in [4.69, 9.17) is 5.11 Å². The van der Waals surface area contributed by atoms with E-state index in [1.165, 1.54) is 11.0 Å². The molecule has 1 aromatic rings. The van der Waals surface area contributed by atoms with Gasteiger partial charge in [-0.05, 0) is 6.92 Å². The molecule has 1 rings (SSSR count). The highest BCUT2D eigenvalue weighted by molar-refractivity contribution is 5.73. The number of aromatic nitrogens is 2. The van der Waals surface area contributed by atoms with Crippen molar-refractivity contribution in [3.63, 3.8) is 0 Å². The number of hydrogen-bond acceptors (Lipinski definition) is 4. The number of nitrogens with zero attached hydrogens (tertiary/aromatic N) is 2. The number of H-pyrrole nitrogens is 1. The van der Waals surface area contributed by atoms with Gasteiger partial charge in [0, 0.05) is 12.6 Å². The van der Waals surface area contributed by atoms with Gasteiger partial charge >= 0.3 is 5.97 Å². The van der Waals surface area contributed by atoms with Crippen LogP contribution in [0.5, 0.6) is 0 Å². The summed E-state index contributed by atoms with van der Waals surface area (Å²) in [5.74, 6) is -0.202. The minimum absolute atomic E-state index is 0.220. The number of aryl methyl sites for hydroxylation is 1. The Labute approximate surface area is 92.2 Å². The van der Waals surface area contributed by atoms with Crippen molar-refractivity contribution in [1.82, 2.24) is 9.97 Å². The normalized spacial score (nSPS) is 9.81. The molecule has 0 unspecified atom stereocenters. The van der Waals surface area contributed by atoms with Gasteiger partial charge in [-0.25, -0.2) is 4.98 Å². The summed E-state index contributed by atoms with van der Waals surface area (Å²) in [5.41, 5.74) is -0.304. The Morgan fingerprint density at radius 2 is 2.44 bits per heavy atom. The summed E-state index contributed by atoms with van der Waals surface area (Å²) in [4.78, 5) is 29.9. The monoisotopic (exact) mass is 223 g/mol. The third-order valence-corrected chi connectivity index (χ3v) is 1.85. The summed E-state index contributed by atoms with van der Waals surface area (Å²) in [6.45, 7) is 5.27. The maximum atomic E-state index is 11.2. The fraction of sp³-hybridized carbons (Fsp3) is 0.300. The summed E-state index contributed by atoms with van der Waals surface area (Å²) >= 11 is 0. The second kappa shape index (κ2) is 5.11. The molecule has 0 aliphatic rings. The first-order valence-electron chi connectivity index (χ1n) is 4.68. The predicted molar refractivity (Wildman–Crippen MR) is 59.6 cm³/mol. The Hall–Kier alpha value is -2.11. The largest absolute Gasteiger partial charge is 0.480 e. The molecule has 0 spiro atoms. The van der Waals surface area contributed by atoms with E-state index in [9.17, 15) is 9.59 Å². The average molecular weight is 223 g/mol. The van der Waals surface area contributed by atoms with Crippen molar-refractivity contribution in [3.8, 4) is 0 Å². The number of rotatable bonds is 5. The zero-order valence-corrected chi connectivity index (χ0v) is 8.93. The summed E-state index contributed by atoms with van der Waals surface area (Å²) in [5, 5.41) is 8.72. The summed E-state index contributed by atoms with van der Waals surface area (Å²) < 4.78 is 0. The summed E-state index contributed by atoms with van der Waals surface area (Å²) in [6, 6.07) is 1.26. The van der Waals surface area contributed by atoms with Crippen molar-refractivity contribution in [1.29, 1.82) is 0 Å². The van der Waals surface area contributed by atoms with Crippen LogP contribution in [0.25, 0.3) is 0 Å². The van der Waals surface area contributed by atoms with E-state index < -0.39 is 5.97 Å². The number of anilines is 1. The minimum atomic E-state index is -0.985. The van der Waals surface area contributed by atoms with Crippen LogP contribution in [-0.4, -0.2) is 34.1 Å². The molecule has 0 bridgehead atoms. The number of nitrogens with one attached hydrogen (secondary N) is 1. The van der Waals surface area contributed by atoms with Crippen LogP contribution in [0.2, 0.25) is 0 Å². The maximum Gasteiger partial charge on any atom is 0.323 e. The molecular weight excluding hydrogens is 210 g/mol. The fourth-order valence-corrected chi connectivity index (χ4v) is 1.28. The van der Waals surface area contributed by atoms with Crippen molar-refractivity contribution in [3.05, 3.63) is 34.9 Å². The van der Waals surface area contributed by atoms with Crippen LogP contribution in [0.1, 0.15) is 5.82 Å². The number of hydrogen-bond donors (Lipinski definition) is 2. The van der Waals surface area contributed by atoms with Gasteiger partial charge in [0.2, 0.25) is 0 Å². The quantitative estimate of drug-likeness (QED) is 0.694. The molecule has 0 saturated carbocycles. The molecule has 0 aromatic carbocycles. The van der Waals surface area contributed by atoms with Crippen LogP contribution in [0.4, 0.5) is 5.82 Å². The third kappa shape index (κ3) is 3.23. The number of carboxylic acids is 1. The molecule has 0 aliphatic heterocycles. The number of aromatic amines is 1. The molecule has 0 radical (unpaired) electrons. The van der Waals surface area contributed by atoms with Crippen LogP contribution < -0.4 is 10.5 Å². The Bertz CT molecular complexity index is 453. The number of carboxylic acid groups (broad SMARTS) is 1. The maximum absolute atomic E-state index is 11.2. The highest BCUT2D eigenvalue weighted by Crippen LogP contribution is 2.07. The van der Waals surface area contributed by atoms with Crippen LogP contribution in [0, 0.1) is 6.92 Å². The molecule has 6 heteroatoms. The lowest BCUT2D eigenvalue weighted by Crippen LogP contribution is -2.31. The van der Waals surface area contributed by atoms with Crippen molar-refractivity contribution in [2.24, 2.45) is 0 Å². The first-order valence-corrected chi connectivity index (χ1v) is 4.68. The molecule has 1 aromatic heterocycles. The second-order valence-corrected chi connectivity index (χ2v) is 3.25. The fourth-order valence-electron chi connectivity index (χ4n) is 1.28. The van der Waals surface area contributed by atoms with E-state index in [1.54, 1.807) is 13.0 Å². The van der Waals surface area contributed by atoms with Crippen molar-refractivity contribution in [2.45, 2.75) is 6.92 Å². The average Bonchev–Trinajstić information content (AvgIpc) is 2.14. The minimum Gasteiger partial charge on any atom is -0.480 e. The summed E-state index contributed by atoms with van der Waals surface area (Å²) in [7, 11) is 0. The molecule has 0 atom stereocenters. The molecular formula is C10H13N3O3. The van der Waals surface area contributed by atoms with Crippen LogP contribution in [0.15, 0.2) is 23.5 Å². The molecule has 2 N–H and O–H groups in total. The Balaban J connectivity index is 3.04. The van der Waals surface area contributed by atoms with Gasteiger partial charge in [0.1, 0.15) is 18.2 Å². The van der Waals surface area contributed by atoms with Crippen LogP contribution in [0.3, 0.4) is 0 Å². The van der Waals surface area contributed by atoms with Crippen molar-refractivity contribution in [2.75, 3.05) is 18.0 Å². The van der Waals surface area contributed by atoms with Gasteiger partial charge in [-0.2, -0.15) is 0 Å². The van der Waals surface area contributed by atoms with E-state index in [2.05, 4.69) is 16.5 Å². The lowest BCUT2D eigenvalue weighted by Gasteiger charge is -2.19. The highest BCUT2D eigenvalue weighted by atomic mass is 16.4. The van der Waals surface area contributed by atoms with E-state index in [0.29, 0.717) is 18.2 Å². The van der Waals surface area contributed by atoms with Crippen LogP contribution >= 0.6 is 0 Å². The van der Waals surface area contributed by atoms with Gasteiger partial charge in [-0.3, -0.25) is 9.59 Å². The van der Waals surface area contributed by atoms with E-state index in [-0.39, 0.29) is 12.1 Å². The lowest BCUT2D eigenvalue weighted by molar-refractivity contribution is -0.135. The molecule has 0 aliphatic carbocycles. The van der Waals surface area contributed by atoms with E-state index in [1.807, 2.05) is 0 Å². The first kappa shape index (κ1) is 12.0. The van der Waals surface area contributed by atoms with Gasteiger partial charge < -0.3 is 15.0 Å². The Kier molecular flexibility index (Phi) is 3.82. The van der Waals surface area contributed by atoms with E-state index in [0.717, 1.165) is 0 Å². The SMILES string of the molecule is C=CCN(CC(=O)O)c1cc(=O)[nH]c(C)n1. The highest BCUT2D eigenvalue weighted by Gasteiger charge is 2.11. The number of aliphatic carboxylic acids is 1. The topological polar surface area (TPSA) is 86.3 Å². The zero-order valence-electron chi connectivity index (χ0n) is 8.93. The van der Waals surface area contributed by atoms with E-state index >= 15 is 0 Å². The van der Waals surface area contributed by atoms with Crippen LogP contribution in [-0.2, 0) is 4.79 Å². The molecule has 0 fully saturated rings. The van der Waals surface area contributed by atoms with Gasteiger partial charge in [-0.1, -0.05) is 6.08 Å². The first-order chi connectivity index (χ1) is 7.52. The summed E-state index contributed by atoms with van der Waals surface area (Å²) in [6.07, 6.45) is 1.56. The van der Waals surface area contributed by atoms with Gasteiger partial charge in [0.05, 0.1) is 0 Å². The molecule has 6 nitrogen and oxygen atoms in total. The number of carbonyl (C=O) groups is 1. The smallest absolute Gasteiger partial charge is 0.323 e. The molecule has 0 amide bonds. The van der Waals surface area contributed by atoms with Gasteiger partial charge in [0.25, 0.3) is 5.56 Å².